The Bertz CT molecular complexity index is 892. The van der Waals surface area contributed by atoms with Gasteiger partial charge in [-0.05, 0) is 54.5 Å². The fraction of sp³-hybridized carbons (Fsp3) is 0.360. The van der Waals surface area contributed by atoms with E-state index in [0.717, 1.165) is 36.1 Å². The highest BCUT2D eigenvalue weighted by atomic mass is 16.5. The molecule has 0 saturated heterocycles. The molecular formula is C25H30N2O3. The Kier molecular flexibility index (Phi) is 8.51. The maximum absolute atomic E-state index is 11.0. The Hall–Kier alpha value is -3.08. The number of carboxylic acids is 1. The highest BCUT2D eigenvalue weighted by molar-refractivity contribution is 5.67. The van der Waals surface area contributed by atoms with Crippen LogP contribution in [0, 0.1) is 0 Å². The summed E-state index contributed by atoms with van der Waals surface area (Å²) in [5, 5.41) is 13.3. The minimum atomic E-state index is -0.792. The van der Waals surface area contributed by atoms with E-state index in [1.165, 1.54) is 18.4 Å². The van der Waals surface area contributed by atoms with Gasteiger partial charge in [-0.25, -0.2) is 0 Å². The quantitative estimate of drug-likeness (QED) is 0.400. The van der Waals surface area contributed by atoms with Crippen LogP contribution in [0.5, 0.6) is 5.75 Å². The molecule has 0 saturated carbocycles. The molecule has 0 atom stereocenters. The van der Waals surface area contributed by atoms with Gasteiger partial charge in [0, 0.05) is 18.8 Å². The molecule has 0 aliphatic carbocycles. The molecule has 0 radical (unpaired) electrons. The molecule has 2 aromatic carbocycles. The number of hydrogen-bond donors (Lipinski definition) is 1. The monoisotopic (exact) mass is 406 g/mol. The van der Waals surface area contributed by atoms with E-state index in [4.69, 9.17) is 9.84 Å². The van der Waals surface area contributed by atoms with Crippen LogP contribution in [0.25, 0.3) is 0 Å². The third kappa shape index (κ3) is 7.39. The Balaban J connectivity index is 1.47. The second-order valence-corrected chi connectivity index (χ2v) is 7.54. The van der Waals surface area contributed by atoms with E-state index in [2.05, 4.69) is 35.4 Å². The van der Waals surface area contributed by atoms with Crippen LogP contribution in [0.4, 0.5) is 0 Å². The number of unbranched alkanes of at least 4 members (excludes halogenated alkanes) is 3. The number of rotatable bonds is 13. The van der Waals surface area contributed by atoms with E-state index < -0.39 is 5.97 Å². The Morgan fingerprint density at radius 3 is 2.53 bits per heavy atom. The molecule has 0 fully saturated rings. The van der Waals surface area contributed by atoms with Gasteiger partial charge in [-0.3, -0.25) is 9.48 Å². The number of carbonyl (C=O) groups is 1. The summed E-state index contributed by atoms with van der Waals surface area (Å²) < 4.78 is 7.94. The largest absolute Gasteiger partial charge is 0.493 e. The first-order valence-electron chi connectivity index (χ1n) is 10.7. The van der Waals surface area contributed by atoms with Crippen LogP contribution in [0.1, 0.15) is 48.8 Å². The summed E-state index contributed by atoms with van der Waals surface area (Å²) >= 11 is 0. The smallest absolute Gasteiger partial charge is 0.303 e. The number of nitrogens with zero attached hydrogens (tertiary/aromatic N) is 2. The maximum atomic E-state index is 11.0. The van der Waals surface area contributed by atoms with E-state index in [0.29, 0.717) is 19.6 Å². The van der Waals surface area contributed by atoms with Gasteiger partial charge >= 0.3 is 5.97 Å². The fourth-order valence-corrected chi connectivity index (χ4v) is 3.47. The van der Waals surface area contributed by atoms with Gasteiger partial charge in [0.15, 0.2) is 0 Å². The summed E-state index contributed by atoms with van der Waals surface area (Å²) in [4.78, 5) is 11.0. The maximum Gasteiger partial charge on any atom is 0.303 e. The second-order valence-electron chi connectivity index (χ2n) is 7.54. The normalized spacial score (nSPS) is 10.8. The number of aryl methyl sites for hydroxylation is 2. The second kappa shape index (κ2) is 11.8. The molecule has 30 heavy (non-hydrogen) atoms. The summed E-state index contributed by atoms with van der Waals surface area (Å²) in [6, 6.07) is 18.5. The minimum Gasteiger partial charge on any atom is -0.493 e. The van der Waals surface area contributed by atoms with Gasteiger partial charge in [-0.1, -0.05) is 55.3 Å². The van der Waals surface area contributed by atoms with Gasteiger partial charge in [0.25, 0.3) is 0 Å². The van der Waals surface area contributed by atoms with E-state index in [1.807, 2.05) is 35.1 Å². The van der Waals surface area contributed by atoms with Gasteiger partial charge in [-0.15, -0.1) is 0 Å². The van der Waals surface area contributed by atoms with Crippen LogP contribution >= 0.6 is 0 Å². The average Bonchev–Trinajstić information content (AvgIpc) is 3.26. The van der Waals surface area contributed by atoms with Crippen LogP contribution < -0.4 is 4.74 Å². The lowest BCUT2D eigenvalue weighted by Gasteiger charge is -2.13. The molecule has 0 aliphatic rings. The molecule has 0 spiro atoms. The zero-order valence-electron chi connectivity index (χ0n) is 17.4. The van der Waals surface area contributed by atoms with Crippen molar-refractivity contribution in [3.63, 3.8) is 0 Å². The van der Waals surface area contributed by atoms with Crippen molar-refractivity contribution in [3.05, 3.63) is 83.7 Å². The van der Waals surface area contributed by atoms with Gasteiger partial charge in [0.05, 0.1) is 13.2 Å². The number of ether oxygens (including phenoxy) is 1. The Labute approximate surface area is 178 Å². The highest BCUT2D eigenvalue weighted by Gasteiger charge is 2.09. The summed E-state index contributed by atoms with van der Waals surface area (Å²) in [5.74, 6) is 0.00479. The van der Waals surface area contributed by atoms with Crippen molar-refractivity contribution in [2.75, 3.05) is 6.61 Å². The Morgan fingerprint density at radius 1 is 0.933 bits per heavy atom. The lowest BCUT2D eigenvalue weighted by molar-refractivity contribution is -0.136. The van der Waals surface area contributed by atoms with E-state index >= 15 is 0 Å². The van der Waals surface area contributed by atoms with Crippen molar-refractivity contribution in [1.29, 1.82) is 0 Å². The molecule has 0 unspecified atom stereocenters. The third-order valence-electron chi connectivity index (χ3n) is 5.10. The van der Waals surface area contributed by atoms with Crippen molar-refractivity contribution in [1.82, 2.24) is 9.78 Å². The van der Waals surface area contributed by atoms with Gasteiger partial charge < -0.3 is 9.84 Å². The molecule has 1 heterocycles. The number of benzene rings is 2. The first kappa shape index (κ1) is 21.6. The molecule has 158 valence electrons. The predicted molar refractivity (Wildman–Crippen MR) is 118 cm³/mol. The first-order valence-corrected chi connectivity index (χ1v) is 10.7. The molecule has 0 aliphatic heterocycles. The molecule has 3 rings (SSSR count). The van der Waals surface area contributed by atoms with Crippen molar-refractivity contribution >= 4 is 5.97 Å². The van der Waals surface area contributed by atoms with Crippen molar-refractivity contribution in [3.8, 4) is 5.75 Å². The summed E-state index contributed by atoms with van der Waals surface area (Å²) in [7, 11) is 0. The molecule has 3 aromatic rings. The first-order chi connectivity index (χ1) is 14.7. The van der Waals surface area contributed by atoms with Crippen molar-refractivity contribution < 1.29 is 14.6 Å². The predicted octanol–water partition coefficient (Wildman–Crippen LogP) is 5.13. The zero-order chi connectivity index (χ0) is 21.0. The van der Waals surface area contributed by atoms with E-state index in [1.54, 1.807) is 6.20 Å². The minimum absolute atomic E-state index is 0.106. The Morgan fingerprint density at radius 2 is 1.77 bits per heavy atom. The van der Waals surface area contributed by atoms with Crippen LogP contribution in [-0.4, -0.2) is 27.5 Å². The molecule has 0 bridgehead atoms. The number of hydrogen-bond acceptors (Lipinski definition) is 3. The number of aromatic nitrogens is 2. The van der Waals surface area contributed by atoms with Crippen LogP contribution in [0.15, 0.2) is 67.0 Å². The molecule has 5 nitrogen and oxygen atoms in total. The highest BCUT2D eigenvalue weighted by Crippen LogP contribution is 2.23. The standard InChI is InChI=1S/C25H30N2O3/c28-25(29)15-14-23-13-12-22(20-27-17-8-16-26-27)19-24(23)30-18-7-2-1-4-9-21-10-5-3-6-11-21/h3,5-6,8,10-13,16-17,19H,1-2,4,7,9,14-15,18,20H2,(H,28,29). The van der Waals surface area contributed by atoms with E-state index in [-0.39, 0.29) is 6.42 Å². The van der Waals surface area contributed by atoms with E-state index in [9.17, 15) is 4.79 Å². The fourth-order valence-electron chi connectivity index (χ4n) is 3.47. The molecule has 0 amide bonds. The van der Waals surface area contributed by atoms with Crippen molar-refractivity contribution in [2.45, 2.75) is 51.5 Å². The molecular weight excluding hydrogens is 376 g/mol. The SMILES string of the molecule is O=C(O)CCc1ccc(Cn2cccn2)cc1OCCCCCCc1ccccc1. The average molecular weight is 407 g/mol. The van der Waals surface area contributed by atoms with Gasteiger partial charge in [0.1, 0.15) is 5.75 Å². The topological polar surface area (TPSA) is 64.3 Å². The molecule has 1 N–H and O–H groups in total. The lowest BCUT2D eigenvalue weighted by Crippen LogP contribution is -2.05. The van der Waals surface area contributed by atoms with Crippen LogP contribution in [0.2, 0.25) is 0 Å². The summed E-state index contributed by atoms with van der Waals surface area (Å²) in [6.45, 7) is 1.32. The number of aliphatic carboxylic acids is 1. The van der Waals surface area contributed by atoms with Crippen LogP contribution in [0.3, 0.4) is 0 Å². The van der Waals surface area contributed by atoms with Crippen LogP contribution in [-0.2, 0) is 24.2 Å². The molecule has 1 aromatic heterocycles. The summed E-state index contributed by atoms with van der Waals surface area (Å²) in [5.41, 5.74) is 3.44. The third-order valence-corrected chi connectivity index (χ3v) is 5.10. The lowest BCUT2D eigenvalue weighted by atomic mass is 10.1. The van der Waals surface area contributed by atoms with Crippen molar-refractivity contribution in [2.24, 2.45) is 0 Å². The van der Waals surface area contributed by atoms with Gasteiger partial charge in [0.2, 0.25) is 0 Å². The van der Waals surface area contributed by atoms with Gasteiger partial charge in [-0.2, -0.15) is 5.10 Å². The summed E-state index contributed by atoms with van der Waals surface area (Å²) in [6.07, 6.45) is 9.89. The zero-order valence-corrected chi connectivity index (χ0v) is 17.4. The number of carboxylic acid groups (broad SMARTS) is 1. The molecule has 5 heteroatoms.